The predicted octanol–water partition coefficient (Wildman–Crippen LogP) is -0.376. The van der Waals surface area contributed by atoms with Crippen LogP contribution in [0.5, 0.6) is 5.75 Å². The standard InChI is InChI=1S/C7H6O.BH3O3/c1-8-7-3-2-5-4-6(5)7;2-1(3)4/h2-4H,1H3;2-4H. The van der Waals surface area contributed by atoms with Crippen molar-refractivity contribution >= 4 is 7.32 Å². The van der Waals surface area contributed by atoms with E-state index < -0.39 is 7.32 Å². The van der Waals surface area contributed by atoms with Crippen LogP contribution in [0.2, 0.25) is 0 Å². The fourth-order valence-corrected chi connectivity index (χ4v) is 0.904. The molecule has 0 spiro atoms. The van der Waals surface area contributed by atoms with Gasteiger partial charge in [-0.1, -0.05) is 6.07 Å². The lowest BCUT2D eigenvalue weighted by Gasteiger charge is -1.89. The summed E-state index contributed by atoms with van der Waals surface area (Å²) in [5.74, 6) is 1.01. The molecule has 0 saturated carbocycles. The highest BCUT2D eigenvalue weighted by Gasteiger charge is 2.16. The average molecular weight is 168 g/mol. The number of benzene rings is 1. The quantitative estimate of drug-likeness (QED) is 0.507. The summed E-state index contributed by atoms with van der Waals surface area (Å²) in [5, 5.41) is 21.5. The summed E-state index contributed by atoms with van der Waals surface area (Å²) in [4.78, 5) is 0. The van der Waals surface area contributed by atoms with Crippen molar-refractivity contribution in [3.8, 4) is 16.9 Å². The Morgan fingerprint density at radius 1 is 1.25 bits per heavy atom. The molecule has 0 bridgehead atoms. The number of hydrogen-bond donors (Lipinski definition) is 3. The van der Waals surface area contributed by atoms with Gasteiger partial charge in [0, 0.05) is 5.56 Å². The maximum Gasteiger partial charge on any atom is 0.631 e. The van der Waals surface area contributed by atoms with Gasteiger partial charge in [0.05, 0.1) is 7.11 Å². The molecule has 5 heteroatoms. The molecule has 3 N–H and O–H groups in total. The van der Waals surface area contributed by atoms with Crippen molar-refractivity contribution in [3.05, 3.63) is 18.2 Å². The maximum atomic E-state index is 7.17. The van der Waals surface area contributed by atoms with E-state index in [1.165, 1.54) is 11.1 Å². The molecule has 2 aliphatic rings. The Morgan fingerprint density at radius 2 is 1.83 bits per heavy atom. The van der Waals surface area contributed by atoms with Crippen LogP contribution in [0.4, 0.5) is 0 Å². The average Bonchev–Trinajstić information content (AvgIpc) is 2.63. The topological polar surface area (TPSA) is 69.9 Å². The van der Waals surface area contributed by atoms with Gasteiger partial charge in [0.2, 0.25) is 0 Å². The minimum atomic E-state index is -2.17. The van der Waals surface area contributed by atoms with Crippen molar-refractivity contribution in [3.63, 3.8) is 0 Å². The Kier molecular flexibility index (Phi) is 2.70. The third-order valence-corrected chi connectivity index (χ3v) is 1.43. The van der Waals surface area contributed by atoms with E-state index in [0.717, 1.165) is 5.75 Å². The minimum Gasteiger partial charge on any atom is -0.496 e. The van der Waals surface area contributed by atoms with Crippen LogP contribution < -0.4 is 4.74 Å². The molecule has 2 rings (SSSR count). The lowest BCUT2D eigenvalue weighted by atomic mass is 10.3. The zero-order chi connectivity index (χ0) is 9.14. The largest absolute Gasteiger partial charge is 0.631 e. The van der Waals surface area contributed by atoms with Crippen LogP contribution in [0, 0.1) is 0 Å². The highest BCUT2D eigenvalue weighted by molar-refractivity contribution is 6.30. The second kappa shape index (κ2) is 3.58. The van der Waals surface area contributed by atoms with Crippen LogP contribution in [0.25, 0.3) is 11.1 Å². The van der Waals surface area contributed by atoms with E-state index in [1.807, 2.05) is 6.07 Å². The fourth-order valence-electron chi connectivity index (χ4n) is 0.904. The van der Waals surface area contributed by atoms with Gasteiger partial charge in [-0.15, -0.1) is 0 Å². The fraction of sp³-hybridized carbons (Fsp3) is 0.143. The second-order valence-electron chi connectivity index (χ2n) is 2.26. The second-order valence-corrected chi connectivity index (χ2v) is 2.26. The molecule has 0 fully saturated rings. The molecule has 0 amide bonds. The molecule has 4 nitrogen and oxygen atoms in total. The Balaban J connectivity index is 0.000000157. The molecule has 0 aromatic heterocycles. The number of rotatable bonds is 1. The zero-order valence-electron chi connectivity index (χ0n) is 6.56. The molecule has 0 unspecified atom stereocenters. The minimum absolute atomic E-state index is 1.01. The Hall–Kier alpha value is -1.04. The smallest absolute Gasteiger partial charge is 0.496 e. The highest BCUT2D eigenvalue weighted by atomic mass is 16.5. The van der Waals surface area contributed by atoms with E-state index >= 15 is 0 Å². The third-order valence-electron chi connectivity index (χ3n) is 1.43. The summed E-state index contributed by atoms with van der Waals surface area (Å²) in [6, 6.07) is 6.16. The molecule has 0 radical (unpaired) electrons. The van der Waals surface area contributed by atoms with Crippen LogP contribution in [-0.2, 0) is 0 Å². The first-order valence-electron chi connectivity index (χ1n) is 3.38. The molecule has 0 aromatic rings. The molecular weight excluding hydrogens is 159 g/mol. The number of hydrogen-bond acceptors (Lipinski definition) is 4. The Labute approximate surface area is 70.2 Å². The first-order chi connectivity index (χ1) is 5.65. The lowest BCUT2D eigenvalue weighted by Crippen LogP contribution is -2.07. The van der Waals surface area contributed by atoms with Crippen molar-refractivity contribution in [1.82, 2.24) is 0 Å². The zero-order valence-corrected chi connectivity index (χ0v) is 6.56. The van der Waals surface area contributed by atoms with Gasteiger partial charge in [0.15, 0.2) is 0 Å². The maximum absolute atomic E-state index is 7.17. The Morgan fingerprint density at radius 3 is 2.00 bits per heavy atom. The van der Waals surface area contributed by atoms with E-state index in [-0.39, 0.29) is 0 Å². The van der Waals surface area contributed by atoms with Crippen molar-refractivity contribution in [2.75, 3.05) is 7.11 Å². The Bertz CT molecular complexity index is 271. The van der Waals surface area contributed by atoms with Crippen LogP contribution in [0.3, 0.4) is 0 Å². The summed E-state index contributed by atoms with van der Waals surface area (Å²) in [6.07, 6.45) is 0. The molecule has 0 saturated heterocycles. The first-order valence-corrected chi connectivity index (χ1v) is 3.38. The van der Waals surface area contributed by atoms with Gasteiger partial charge in [0.25, 0.3) is 0 Å². The van der Waals surface area contributed by atoms with Crippen LogP contribution >= 0.6 is 0 Å². The van der Waals surface area contributed by atoms with Crippen LogP contribution in [0.15, 0.2) is 18.2 Å². The van der Waals surface area contributed by atoms with Crippen LogP contribution in [-0.4, -0.2) is 29.5 Å². The predicted molar refractivity (Wildman–Crippen MR) is 44.4 cm³/mol. The highest BCUT2D eigenvalue weighted by Crippen LogP contribution is 2.43. The molecule has 12 heavy (non-hydrogen) atoms. The molecule has 0 heterocycles. The van der Waals surface area contributed by atoms with Gasteiger partial charge < -0.3 is 19.8 Å². The molecule has 0 aliphatic heterocycles. The molecule has 0 aromatic carbocycles. The van der Waals surface area contributed by atoms with Gasteiger partial charge in [-0.2, -0.15) is 0 Å². The summed E-state index contributed by atoms with van der Waals surface area (Å²) in [6.45, 7) is 0. The van der Waals surface area contributed by atoms with E-state index in [9.17, 15) is 0 Å². The summed E-state index contributed by atoms with van der Waals surface area (Å²) < 4.78 is 5.01. The summed E-state index contributed by atoms with van der Waals surface area (Å²) in [5.41, 5.74) is 2.62. The first kappa shape index (κ1) is 9.06. The van der Waals surface area contributed by atoms with E-state index in [4.69, 9.17) is 19.8 Å². The molecular formula is C7H9BO4. The van der Waals surface area contributed by atoms with Crippen LogP contribution in [0.1, 0.15) is 0 Å². The van der Waals surface area contributed by atoms with Gasteiger partial charge in [-0.25, -0.2) is 0 Å². The lowest BCUT2D eigenvalue weighted by molar-refractivity contribution is 0.278. The molecule has 2 aliphatic carbocycles. The third kappa shape index (κ3) is 2.23. The van der Waals surface area contributed by atoms with Gasteiger partial charge in [-0.05, 0) is 17.7 Å². The van der Waals surface area contributed by atoms with Gasteiger partial charge in [0.1, 0.15) is 5.75 Å². The van der Waals surface area contributed by atoms with E-state index in [0.29, 0.717) is 0 Å². The van der Waals surface area contributed by atoms with E-state index in [1.54, 1.807) is 7.11 Å². The van der Waals surface area contributed by atoms with Gasteiger partial charge >= 0.3 is 7.32 Å². The van der Waals surface area contributed by atoms with Crippen molar-refractivity contribution in [2.45, 2.75) is 0 Å². The number of methoxy groups -OCH3 is 1. The SMILES string of the molecule is COc1ccc2cc1-2.OB(O)O. The number of fused-ring (bicyclic) bond motifs is 1. The molecule has 0 atom stereocenters. The normalized spacial score (nSPS) is 9.67. The van der Waals surface area contributed by atoms with Crippen molar-refractivity contribution in [2.24, 2.45) is 0 Å². The van der Waals surface area contributed by atoms with Gasteiger partial charge in [-0.3, -0.25) is 0 Å². The molecule has 64 valence electrons. The number of ether oxygens (including phenoxy) is 1. The monoisotopic (exact) mass is 168 g/mol. The van der Waals surface area contributed by atoms with Crippen molar-refractivity contribution in [1.29, 1.82) is 0 Å². The summed E-state index contributed by atoms with van der Waals surface area (Å²) in [7, 11) is -0.470. The van der Waals surface area contributed by atoms with Crippen molar-refractivity contribution < 1.29 is 19.8 Å². The van der Waals surface area contributed by atoms with E-state index in [2.05, 4.69) is 12.1 Å². The summed E-state index contributed by atoms with van der Waals surface area (Å²) >= 11 is 0.